The molecule has 2 atom stereocenters. The second-order valence-corrected chi connectivity index (χ2v) is 4.46. The highest BCUT2D eigenvalue weighted by atomic mass is 16.3. The summed E-state index contributed by atoms with van der Waals surface area (Å²) in [6.45, 7) is 3.11. The molecule has 0 aliphatic rings. The Labute approximate surface area is 96.9 Å². The van der Waals surface area contributed by atoms with E-state index in [1.54, 1.807) is 12.5 Å². The average Bonchev–Trinajstić information content (AvgIpc) is 2.73. The van der Waals surface area contributed by atoms with Gasteiger partial charge in [0.25, 0.3) is 0 Å². The Balaban J connectivity index is 2.67. The number of nitrogens with zero attached hydrogens (tertiary/aromatic N) is 3. The molecule has 5 heteroatoms. The van der Waals surface area contributed by atoms with Crippen LogP contribution in [0.25, 0.3) is 0 Å². The van der Waals surface area contributed by atoms with Gasteiger partial charge in [0, 0.05) is 12.2 Å². The van der Waals surface area contributed by atoms with Gasteiger partial charge in [-0.3, -0.25) is 0 Å². The summed E-state index contributed by atoms with van der Waals surface area (Å²) in [6.07, 6.45) is 4.55. The van der Waals surface area contributed by atoms with E-state index < -0.39 is 0 Å². The van der Waals surface area contributed by atoms with E-state index in [1.165, 1.54) is 0 Å². The fourth-order valence-corrected chi connectivity index (χ4v) is 1.65. The first kappa shape index (κ1) is 13.2. The van der Waals surface area contributed by atoms with Crippen molar-refractivity contribution < 1.29 is 5.11 Å². The summed E-state index contributed by atoms with van der Waals surface area (Å²) in [6, 6.07) is 0.00167. The topological polar surface area (TPSA) is 67.3 Å². The summed E-state index contributed by atoms with van der Waals surface area (Å²) in [4.78, 5) is 6.25. The first-order valence-electron chi connectivity index (χ1n) is 5.59. The highest BCUT2D eigenvalue weighted by molar-refractivity contribution is 5.05. The van der Waals surface area contributed by atoms with Crippen molar-refractivity contribution in [1.29, 1.82) is 0 Å². The predicted molar refractivity (Wildman–Crippen MR) is 64.1 cm³/mol. The molecule has 0 bridgehead atoms. The summed E-state index contributed by atoms with van der Waals surface area (Å²) in [5.74, 6) is 0. The minimum absolute atomic E-state index is 0.0495. The number of aromatic nitrogens is 2. The van der Waals surface area contributed by atoms with E-state index in [4.69, 9.17) is 10.8 Å². The van der Waals surface area contributed by atoms with Crippen molar-refractivity contribution in [2.24, 2.45) is 5.73 Å². The van der Waals surface area contributed by atoms with Crippen LogP contribution in [0.3, 0.4) is 0 Å². The lowest BCUT2D eigenvalue weighted by Crippen LogP contribution is -2.22. The smallest absolute Gasteiger partial charge is 0.0951 e. The molecule has 0 aliphatic heterocycles. The van der Waals surface area contributed by atoms with Crippen LogP contribution in [0.2, 0.25) is 0 Å². The van der Waals surface area contributed by atoms with Gasteiger partial charge in [-0.05, 0) is 34.0 Å². The molecule has 1 aromatic rings. The van der Waals surface area contributed by atoms with E-state index in [1.807, 2.05) is 4.57 Å². The number of imidazole rings is 1. The van der Waals surface area contributed by atoms with Crippen LogP contribution >= 0.6 is 0 Å². The van der Waals surface area contributed by atoms with Gasteiger partial charge < -0.3 is 20.3 Å². The van der Waals surface area contributed by atoms with Crippen LogP contribution in [-0.4, -0.2) is 46.8 Å². The second kappa shape index (κ2) is 5.98. The maximum Gasteiger partial charge on any atom is 0.0951 e. The first-order chi connectivity index (χ1) is 7.56. The third kappa shape index (κ3) is 3.30. The normalized spacial score (nSPS) is 15.4. The molecule has 1 rings (SSSR count). The van der Waals surface area contributed by atoms with E-state index in [0.29, 0.717) is 6.04 Å². The summed E-state index contributed by atoms with van der Waals surface area (Å²) in [5, 5.41) is 9.06. The van der Waals surface area contributed by atoms with Crippen molar-refractivity contribution in [3.8, 4) is 0 Å². The van der Waals surface area contributed by atoms with Crippen LogP contribution in [0.1, 0.15) is 31.1 Å². The van der Waals surface area contributed by atoms with Gasteiger partial charge >= 0.3 is 0 Å². The molecule has 0 spiro atoms. The lowest BCUT2D eigenvalue weighted by molar-refractivity contribution is 0.260. The number of hydrogen-bond donors (Lipinski definition) is 2. The van der Waals surface area contributed by atoms with E-state index >= 15 is 0 Å². The number of rotatable bonds is 6. The first-order valence-corrected chi connectivity index (χ1v) is 5.59. The highest BCUT2D eigenvalue weighted by Gasteiger charge is 2.14. The highest BCUT2D eigenvalue weighted by Crippen LogP contribution is 2.17. The molecule has 0 aliphatic carbocycles. The van der Waals surface area contributed by atoms with Gasteiger partial charge in [0.2, 0.25) is 0 Å². The standard InChI is InChI=1S/C11H22N4O/c1-9(4-5-14(2)3)15-8-13-6-11(15)10(12)7-16/h6,8-10,16H,4-5,7,12H2,1-3H3. The fraction of sp³-hybridized carbons (Fsp3) is 0.727. The van der Waals surface area contributed by atoms with Crippen molar-refractivity contribution in [2.45, 2.75) is 25.4 Å². The Morgan fingerprint density at radius 2 is 2.25 bits per heavy atom. The van der Waals surface area contributed by atoms with E-state index in [2.05, 4.69) is 30.9 Å². The average molecular weight is 226 g/mol. The molecule has 5 nitrogen and oxygen atoms in total. The largest absolute Gasteiger partial charge is 0.394 e. The zero-order chi connectivity index (χ0) is 12.1. The van der Waals surface area contributed by atoms with Gasteiger partial charge in [-0.15, -0.1) is 0 Å². The summed E-state index contributed by atoms with van der Waals surface area (Å²) in [5.41, 5.74) is 6.71. The van der Waals surface area contributed by atoms with E-state index in [-0.39, 0.29) is 12.6 Å². The predicted octanol–water partition coefficient (Wildman–Crippen LogP) is 0.388. The minimum atomic E-state index is -0.343. The summed E-state index contributed by atoms with van der Waals surface area (Å²) < 4.78 is 2.05. The molecule has 16 heavy (non-hydrogen) atoms. The number of aliphatic hydroxyl groups is 1. The Bertz CT molecular complexity index is 311. The number of aliphatic hydroxyl groups excluding tert-OH is 1. The van der Waals surface area contributed by atoms with Gasteiger partial charge in [0.15, 0.2) is 0 Å². The molecule has 92 valence electrons. The van der Waals surface area contributed by atoms with E-state index in [9.17, 15) is 0 Å². The summed E-state index contributed by atoms with van der Waals surface area (Å²) in [7, 11) is 4.11. The molecule has 2 unspecified atom stereocenters. The van der Waals surface area contributed by atoms with Crippen molar-refractivity contribution in [3.05, 3.63) is 18.2 Å². The van der Waals surface area contributed by atoms with Gasteiger partial charge in [0.1, 0.15) is 0 Å². The van der Waals surface area contributed by atoms with Crippen molar-refractivity contribution in [2.75, 3.05) is 27.2 Å². The molecular weight excluding hydrogens is 204 g/mol. The SMILES string of the molecule is CC(CCN(C)C)n1cncc1C(N)CO. The van der Waals surface area contributed by atoms with Crippen LogP contribution in [0.5, 0.6) is 0 Å². The Kier molecular flexibility index (Phi) is 4.92. The van der Waals surface area contributed by atoms with Crippen molar-refractivity contribution >= 4 is 0 Å². The molecule has 0 saturated carbocycles. The molecule has 0 aromatic carbocycles. The van der Waals surface area contributed by atoms with Gasteiger partial charge in [-0.25, -0.2) is 4.98 Å². The molecule has 0 radical (unpaired) electrons. The molecule has 0 fully saturated rings. The minimum Gasteiger partial charge on any atom is -0.394 e. The maximum atomic E-state index is 9.06. The Morgan fingerprint density at radius 1 is 1.56 bits per heavy atom. The van der Waals surface area contributed by atoms with Gasteiger partial charge in [-0.2, -0.15) is 0 Å². The Hall–Kier alpha value is -0.910. The third-order valence-corrected chi connectivity index (χ3v) is 2.74. The Morgan fingerprint density at radius 3 is 2.81 bits per heavy atom. The summed E-state index contributed by atoms with van der Waals surface area (Å²) >= 11 is 0. The van der Waals surface area contributed by atoms with Gasteiger partial charge in [0.05, 0.1) is 24.7 Å². The zero-order valence-corrected chi connectivity index (χ0v) is 10.3. The maximum absolute atomic E-state index is 9.06. The zero-order valence-electron chi connectivity index (χ0n) is 10.3. The molecule has 1 heterocycles. The molecule has 3 N–H and O–H groups in total. The lowest BCUT2D eigenvalue weighted by atomic mass is 10.2. The second-order valence-electron chi connectivity index (χ2n) is 4.46. The van der Waals surface area contributed by atoms with Crippen LogP contribution in [0.4, 0.5) is 0 Å². The van der Waals surface area contributed by atoms with Crippen LogP contribution in [0, 0.1) is 0 Å². The monoisotopic (exact) mass is 226 g/mol. The number of hydrogen-bond acceptors (Lipinski definition) is 4. The third-order valence-electron chi connectivity index (χ3n) is 2.74. The molecular formula is C11H22N4O. The quantitative estimate of drug-likeness (QED) is 0.736. The molecule has 0 amide bonds. The van der Waals surface area contributed by atoms with Crippen LogP contribution in [0.15, 0.2) is 12.5 Å². The van der Waals surface area contributed by atoms with Crippen LogP contribution in [-0.2, 0) is 0 Å². The van der Waals surface area contributed by atoms with Crippen molar-refractivity contribution in [3.63, 3.8) is 0 Å². The lowest BCUT2D eigenvalue weighted by Gasteiger charge is -2.20. The van der Waals surface area contributed by atoms with Gasteiger partial charge in [-0.1, -0.05) is 0 Å². The molecule has 0 saturated heterocycles. The molecule has 1 aromatic heterocycles. The van der Waals surface area contributed by atoms with E-state index in [0.717, 1.165) is 18.7 Å². The number of nitrogens with two attached hydrogens (primary N) is 1. The fourth-order valence-electron chi connectivity index (χ4n) is 1.65. The van der Waals surface area contributed by atoms with Crippen molar-refractivity contribution in [1.82, 2.24) is 14.5 Å². The van der Waals surface area contributed by atoms with Crippen LogP contribution < -0.4 is 5.73 Å².